The van der Waals surface area contributed by atoms with Gasteiger partial charge in [0.1, 0.15) is 0 Å². The highest BCUT2D eigenvalue weighted by Gasteiger charge is 2.46. The topological polar surface area (TPSA) is 131 Å². The molecule has 0 spiro atoms. The molecule has 0 saturated heterocycles. The molecule has 1 heterocycles. The molecule has 0 fully saturated rings. The Morgan fingerprint density at radius 1 is 0.606 bits per heavy atom. The summed E-state index contributed by atoms with van der Waals surface area (Å²) < 4.78 is 127. The zero-order valence-corrected chi connectivity index (χ0v) is 17.3. The van der Waals surface area contributed by atoms with Gasteiger partial charge in [0.15, 0.2) is 0 Å². The van der Waals surface area contributed by atoms with Crippen molar-refractivity contribution in [1.29, 1.82) is 0 Å². The molecule has 2 aromatic carbocycles. The van der Waals surface area contributed by atoms with Gasteiger partial charge >= 0.3 is 31.1 Å². The predicted molar refractivity (Wildman–Crippen MR) is 102 cm³/mol. The van der Waals surface area contributed by atoms with E-state index in [1.165, 1.54) is 33.7 Å². The fraction of sp³-hybridized carbons (Fsp3) is 0.125. The Morgan fingerprint density at radius 3 is 1.18 bits per heavy atom. The van der Waals surface area contributed by atoms with Crippen LogP contribution < -0.4 is 9.44 Å². The number of aromatic nitrogens is 2. The molecule has 0 aliphatic heterocycles. The molecular formula is C16H10F6N4O5S2. The van der Waals surface area contributed by atoms with Crippen LogP contribution in [0.4, 0.5) is 37.7 Å². The number of rotatable bonds is 6. The van der Waals surface area contributed by atoms with E-state index in [-0.39, 0.29) is 34.3 Å². The third-order valence-electron chi connectivity index (χ3n) is 3.80. The summed E-state index contributed by atoms with van der Waals surface area (Å²) in [6.07, 6.45) is 0. The summed E-state index contributed by atoms with van der Waals surface area (Å²) in [4.78, 5) is 0. The van der Waals surface area contributed by atoms with Gasteiger partial charge in [-0.3, -0.25) is 9.44 Å². The molecule has 9 nitrogen and oxygen atoms in total. The molecule has 1 aromatic heterocycles. The predicted octanol–water partition coefficient (Wildman–Crippen LogP) is 3.93. The Labute approximate surface area is 181 Å². The number of alkyl halides is 6. The highest BCUT2D eigenvalue weighted by Crippen LogP contribution is 2.29. The molecule has 0 aliphatic rings. The number of nitrogens with zero attached hydrogens (tertiary/aromatic N) is 2. The van der Waals surface area contributed by atoms with Crippen molar-refractivity contribution in [3.05, 3.63) is 48.5 Å². The molecule has 3 rings (SSSR count). The lowest BCUT2D eigenvalue weighted by molar-refractivity contribution is -0.0435. The average molecular weight is 516 g/mol. The van der Waals surface area contributed by atoms with Crippen molar-refractivity contribution in [2.75, 3.05) is 9.44 Å². The lowest BCUT2D eigenvalue weighted by atomic mass is 10.2. The number of nitrogens with one attached hydrogen (secondary N) is 2. The maximum atomic E-state index is 12.4. The van der Waals surface area contributed by atoms with E-state index in [9.17, 15) is 43.2 Å². The van der Waals surface area contributed by atoms with E-state index in [1.807, 2.05) is 0 Å². The largest absolute Gasteiger partial charge is 0.516 e. The van der Waals surface area contributed by atoms with Crippen LogP contribution in [0.2, 0.25) is 0 Å². The molecule has 0 amide bonds. The number of anilines is 2. The first-order valence-corrected chi connectivity index (χ1v) is 11.3. The highest BCUT2D eigenvalue weighted by molar-refractivity contribution is 7.93. The van der Waals surface area contributed by atoms with Crippen LogP contribution in [0, 0.1) is 0 Å². The number of halogens is 6. The van der Waals surface area contributed by atoms with Crippen molar-refractivity contribution in [2.45, 2.75) is 11.0 Å². The summed E-state index contributed by atoms with van der Waals surface area (Å²) in [5.41, 5.74) is -11.3. The summed E-state index contributed by atoms with van der Waals surface area (Å²) in [6.45, 7) is 0. The molecule has 178 valence electrons. The zero-order valence-electron chi connectivity index (χ0n) is 15.6. The molecule has 0 aliphatic carbocycles. The molecule has 33 heavy (non-hydrogen) atoms. The Bertz CT molecular complexity index is 1250. The second-order valence-corrected chi connectivity index (χ2v) is 9.52. The fourth-order valence-corrected chi connectivity index (χ4v) is 3.37. The molecule has 0 radical (unpaired) electrons. The van der Waals surface area contributed by atoms with Crippen LogP contribution in [0.1, 0.15) is 0 Å². The van der Waals surface area contributed by atoms with Crippen molar-refractivity contribution < 1.29 is 47.6 Å². The molecule has 17 heteroatoms. The average Bonchev–Trinajstić information content (AvgIpc) is 3.17. The summed E-state index contributed by atoms with van der Waals surface area (Å²) in [7, 11) is -11.2. The second-order valence-electron chi connectivity index (χ2n) is 6.17. The number of sulfonamides is 2. The summed E-state index contributed by atoms with van der Waals surface area (Å²) in [6, 6.07) is 8.96. The molecule has 3 aromatic rings. The Balaban J connectivity index is 1.75. The SMILES string of the molecule is O=S(=O)(Nc1ccc(-c2nnc(-c3ccc(NS(=O)(=O)C(F)(F)F)cc3)o2)cc1)C(F)(F)F. The lowest BCUT2D eigenvalue weighted by Gasteiger charge is -2.10. The number of hydrogen-bond donors (Lipinski definition) is 2. The summed E-state index contributed by atoms with van der Waals surface area (Å²) >= 11 is 0. The molecule has 0 bridgehead atoms. The van der Waals surface area contributed by atoms with Gasteiger partial charge in [0.05, 0.1) is 0 Å². The van der Waals surface area contributed by atoms with E-state index < -0.39 is 31.1 Å². The monoisotopic (exact) mass is 516 g/mol. The Hall–Kier alpha value is -3.34. The minimum Gasteiger partial charge on any atom is -0.416 e. The van der Waals surface area contributed by atoms with Gasteiger partial charge in [-0.25, -0.2) is 0 Å². The van der Waals surface area contributed by atoms with Crippen molar-refractivity contribution in [1.82, 2.24) is 10.2 Å². The van der Waals surface area contributed by atoms with E-state index in [4.69, 9.17) is 4.42 Å². The number of hydrogen-bond acceptors (Lipinski definition) is 7. The standard InChI is InChI=1S/C16H10F6N4O5S2/c17-15(18,19)32(27,28)25-11-5-1-9(2-6-11)13-23-24-14(31-13)10-3-7-12(8-4-10)26-33(29,30)16(20,21)22/h1-8,25-26H. The van der Waals surface area contributed by atoms with E-state index >= 15 is 0 Å². The minimum atomic E-state index is -5.59. The fourth-order valence-electron chi connectivity index (χ4n) is 2.24. The normalized spacial score (nSPS) is 13.0. The van der Waals surface area contributed by atoms with Crippen LogP contribution in [-0.2, 0) is 20.0 Å². The quantitative estimate of drug-likeness (QED) is 0.475. The van der Waals surface area contributed by atoms with Crippen LogP contribution in [0.25, 0.3) is 22.9 Å². The maximum absolute atomic E-state index is 12.4. The van der Waals surface area contributed by atoms with Crippen LogP contribution in [-0.4, -0.2) is 38.0 Å². The van der Waals surface area contributed by atoms with E-state index in [0.29, 0.717) is 0 Å². The van der Waals surface area contributed by atoms with E-state index in [0.717, 1.165) is 24.3 Å². The van der Waals surface area contributed by atoms with Gasteiger partial charge in [0.25, 0.3) is 0 Å². The van der Waals surface area contributed by atoms with Crippen molar-refractivity contribution >= 4 is 31.4 Å². The van der Waals surface area contributed by atoms with Crippen LogP contribution >= 0.6 is 0 Å². The van der Waals surface area contributed by atoms with Gasteiger partial charge in [0.2, 0.25) is 11.8 Å². The van der Waals surface area contributed by atoms with Crippen LogP contribution in [0.5, 0.6) is 0 Å². The first-order valence-electron chi connectivity index (χ1n) is 8.32. The smallest absolute Gasteiger partial charge is 0.416 e. The Morgan fingerprint density at radius 2 is 0.909 bits per heavy atom. The minimum absolute atomic E-state index is 0.0999. The van der Waals surface area contributed by atoms with Crippen LogP contribution in [0.3, 0.4) is 0 Å². The van der Waals surface area contributed by atoms with Gasteiger partial charge in [-0.05, 0) is 48.5 Å². The van der Waals surface area contributed by atoms with Crippen LogP contribution in [0.15, 0.2) is 52.9 Å². The van der Waals surface area contributed by atoms with Crippen molar-refractivity contribution in [3.63, 3.8) is 0 Å². The van der Waals surface area contributed by atoms with Gasteiger partial charge in [-0.2, -0.15) is 43.2 Å². The number of benzene rings is 2. The highest BCUT2D eigenvalue weighted by atomic mass is 32.2. The van der Waals surface area contributed by atoms with E-state index in [1.54, 1.807) is 0 Å². The third-order valence-corrected chi connectivity index (χ3v) is 6.03. The second kappa shape index (κ2) is 8.22. The Kier molecular flexibility index (Phi) is 6.05. The first kappa shape index (κ1) is 24.3. The molecule has 0 saturated carbocycles. The van der Waals surface area contributed by atoms with Gasteiger partial charge in [-0.1, -0.05) is 0 Å². The lowest BCUT2D eigenvalue weighted by Crippen LogP contribution is -2.29. The molecular weight excluding hydrogens is 506 g/mol. The summed E-state index contributed by atoms with van der Waals surface area (Å²) in [5, 5.41) is 7.45. The van der Waals surface area contributed by atoms with Crippen molar-refractivity contribution in [3.8, 4) is 22.9 Å². The molecule has 0 atom stereocenters. The van der Waals surface area contributed by atoms with Gasteiger partial charge in [-0.15, -0.1) is 10.2 Å². The summed E-state index contributed by atoms with van der Waals surface area (Å²) in [5.74, 6) is -0.200. The first-order chi connectivity index (χ1) is 15.1. The molecule has 0 unspecified atom stereocenters. The van der Waals surface area contributed by atoms with Crippen molar-refractivity contribution in [2.24, 2.45) is 0 Å². The maximum Gasteiger partial charge on any atom is 0.516 e. The van der Waals surface area contributed by atoms with Gasteiger partial charge < -0.3 is 4.42 Å². The van der Waals surface area contributed by atoms with E-state index in [2.05, 4.69) is 10.2 Å². The van der Waals surface area contributed by atoms with Gasteiger partial charge in [0, 0.05) is 22.5 Å². The zero-order chi connectivity index (χ0) is 24.7. The third kappa shape index (κ3) is 5.36. The molecule has 2 N–H and O–H groups in total.